The summed E-state index contributed by atoms with van der Waals surface area (Å²) in [6.45, 7) is 13.9. The van der Waals surface area contributed by atoms with E-state index in [0.29, 0.717) is 16.8 Å². The number of benzene rings is 1. The molecule has 0 aromatic heterocycles. The van der Waals surface area contributed by atoms with Gasteiger partial charge < -0.3 is 10.0 Å². The second-order valence-corrected chi connectivity index (χ2v) is 6.90. The number of hydrogen-bond acceptors (Lipinski definition) is 4. The molecular weight excluding hydrogens is 324 g/mol. The third kappa shape index (κ3) is 2.61. The van der Waals surface area contributed by atoms with E-state index < -0.39 is 0 Å². The number of ketones is 1. The summed E-state index contributed by atoms with van der Waals surface area (Å²) >= 11 is 0. The van der Waals surface area contributed by atoms with Crippen LogP contribution in [0, 0.1) is 6.92 Å². The van der Waals surface area contributed by atoms with Crippen molar-refractivity contribution >= 4 is 22.8 Å². The normalized spacial score (nSPS) is 19.9. The molecule has 0 saturated heterocycles. The summed E-state index contributed by atoms with van der Waals surface area (Å²) in [5, 5.41) is 10.6. The highest BCUT2D eigenvalue weighted by Crippen LogP contribution is 2.42. The topological polar surface area (TPSA) is 52.9 Å². The Balaban J connectivity index is 2.05. The number of allylic oxidation sites excluding steroid dienone is 4. The Morgan fingerprint density at radius 3 is 2.12 bits per heavy atom. The smallest absolute Gasteiger partial charge is 0.203 e. The number of aliphatic hydroxyl groups is 1. The van der Waals surface area contributed by atoms with Crippen molar-refractivity contribution in [2.45, 2.75) is 41.5 Å². The predicted molar refractivity (Wildman–Crippen MR) is 108 cm³/mol. The molecule has 1 aliphatic heterocycles. The summed E-state index contributed by atoms with van der Waals surface area (Å²) in [6.07, 6.45) is 0. The maximum Gasteiger partial charge on any atom is 0.203 e. The van der Waals surface area contributed by atoms with E-state index in [9.17, 15) is 9.90 Å². The Morgan fingerprint density at radius 2 is 1.65 bits per heavy atom. The monoisotopic (exact) mass is 350 g/mol. The molecule has 3 rings (SSSR count). The Labute approximate surface area is 155 Å². The molecule has 0 atom stereocenters. The quantitative estimate of drug-likeness (QED) is 0.797. The second-order valence-electron chi connectivity index (χ2n) is 6.90. The highest BCUT2D eigenvalue weighted by atomic mass is 16.3. The molecule has 0 fully saturated rings. The van der Waals surface area contributed by atoms with Crippen molar-refractivity contribution in [3.05, 3.63) is 57.5 Å². The molecule has 1 heterocycles. The molecular formula is C22H26N2O2. The molecule has 0 spiro atoms. The lowest BCUT2D eigenvalue weighted by molar-refractivity contribution is -0.111. The SMILES string of the molecule is CCN(CC)c1ccc(C2=C(O)/C(=C3\N=C(C)C(C)=C3C)C2=O)c(C)c1. The van der Waals surface area contributed by atoms with Gasteiger partial charge in [0, 0.05) is 24.5 Å². The van der Waals surface area contributed by atoms with Crippen molar-refractivity contribution in [2.75, 3.05) is 18.0 Å². The highest BCUT2D eigenvalue weighted by molar-refractivity contribution is 6.39. The van der Waals surface area contributed by atoms with Crippen molar-refractivity contribution in [1.82, 2.24) is 0 Å². The van der Waals surface area contributed by atoms with E-state index in [4.69, 9.17) is 0 Å². The highest BCUT2D eigenvalue weighted by Gasteiger charge is 2.39. The molecule has 0 amide bonds. The number of aliphatic hydroxyl groups excluding tert-OH is 1. The van der Waals surface area contributed by atoms with E-state index >= 15 is 0 Å². The van der Waals surface area contributed by atoms with Crippen LogP contribution in [0.25, 0.3) is 5.57 Å². The lowest BCUT2D eigenvalue weighted by Crippen LogP contribution is -2.24. The van der Waals surface area contributed by atoms with Crippen molar-refractivity contribution in [2.24, 2.45) is 4.99 Å². The van der Waals surface area contributed by atoms with Gasteiger partial charge in [-0.3, -0.25) is 9.79 Å². The average Bonchev–Trinajstić information content (AvgIpc) is 2.85. The van der Waals surface area contributed by atoms with Crippen molar-refractivity contribution < 1.29 is 9.90 Å². The van der Waals surface area contributed by atoms with Crippen molar-refractivity contribution in [1.29, 1.82) is 0 Å². The van der Waals surface area contributed by atoms with Crippen LogP contribution in [-0.4, -0.2) is 29.7 Å². The standard InChI is InChI=1S/C22H26N2O2/c1-7-24(8-2)16-9-10-17(12(3)11-16)18-21(25)19(22(18)26)20-14(5)13(4)15(6)23-20/h9-11,25H,7-8H2,1-6H3/b20-19+. The molecule has 1 aliphatic carbocycles. The van der Waals surface area contributed by atoms with Gasteiger partial charge >= 0.3 is 0 Å². The third-order valence-electron chi connectivity index (χ3n) is 5.51. The van der Waals surface area contributed by atoms with Gasteiger partial charge in [-0.05, 0) is 75.9 Å². The van der Waals surface area contributed by atoms with E-state index in [1.54, 1.807) is 0 Å². The number of carbonyl (C=O) groups excluding carboxylic acids is 1. The zero-order valence-electron chi connectivity index (χ0n) is 16.4. The van der Waals surface area contributed by atoms with Crippen molar-refractivity contribution in [3.63, 3.8) is 0 Å². The fraction of sp³-hybridized carbons (Fsp3) is 0.364. The number of aryl methyl sites for hydroxylation is 1. The number of Topliss-reactive ketones (excluding diaryl/α,β-unsaturated/α-hetero) is 1. The van der Waals surface area contributed by atoms with Crippen LogP contribution in [0.2, 0.25) is 0 Å². The van der Waals surface area contributed by atoms with Gasteiger partial charge in [0.15, 0.2) is 0 Å². The second kappa shape index (κ2) is 6.60. The fourth-order valence-electron chi connectivity index (χ4n) is 3.61. The molecule has 1 aromatic carbocycles. The van der Waals surface area contributed by atoms with Gasteiger partial charge in [-0.25, -0.2) is 0 Å². The number of rotatable bonds is 4. The van der Waals surface area contributed by atoms with Gasteiger partial charge in [-0.1, -0.05) is 6.07 Å². The molecule has 4 heteroatoms. The van der Waals surface area contributed by atoms with Gasteiger partial charge in [0.2, 0.25) is 5.78 Å². The average molecular weight is 350 g/mol. The summed E-state index contributed by atoms with van der Waals surface area (Å²) < 4.78 is 0. The zero-order valence-corrected chi connectivity index (χ0v) is 16.4. The summed E-state index contributed by atoms with van der Waals surface area (Å²) in [6, 6.07) is 6.03. The Kier molecular flexibility index (Phi) is 4.61. The Bertz CT molecular complexity index is 925. The van der Waals surface area contributed by atoms with Gasteiger partial charge in [0.25, 0.3) is 0 Å². The van der Waals surface area contributed by atoms with E-state index in [-0.39, 0.29) is 11.5 Å². The number of anilines is 1. The first-order valence-electron chi connectivity index (χ1n) is 9.13. The van der Waals surface area contributed by atoms with E-state index in [1.165, 1.54) is 0 Å². The van der Waals surface area contributed by atoms with Crippen molar-refractivity contribution in [3.8, 4) is 0 Å². The summed E-state index contributed by atoms with van der Waals surface area (Å²) in [4.78, 5) is 19.6. The number of carbonyl (C=O) groups is 1. The molecule has 4 nitrogen and oxygen atoms in total. The van der Waals surface area contributed by atoms with Gasteiger partial charge in [-0.2, -0.15) is 0 Å². The van der Waals surface area contributed by atoms with Crippen LogP contribution in [0.5, 0.6) is 0 Å². The van der Waals surface area contributed by atoms with E-state index in [2.05, 4.69) is 29.8 Å². The molecule has 0 unspecified atom stereocenters. The van der Waals surface area contributed by atoms with Crippen LogP contribution < -0.4 is 4.90 Å². The van der Waals surface area contributed by atoms with Crippen LogP contribution >= 0.6 is 0 Å². The van der Waals surface area contributed by atoms with Crippen LogP contribution in [-0.2, 0) is 4.79 Å². The zero-order chi connectivity index (χ0) is 19.2. The summed E-state index contributed by atoms with van der Waals surface area (Å²) in [5.41, 5.74) is 7.22. The van der Waals surface area contributed by atoms with Crippen LogP contribution in [0.3, 0.4) is 0 Å². The van der Waals surface area contributed by atoms with E-state index in [0.717, 1.165) is 46.8 Å². The molecule has 136 valence electrons. The molecule has 0 saturated carbocycles. The number of hydrogen-bond donors (Lipinski definition) is 1. The van der Waals surface area contributed by atoms with Crippen LogP contribution in [0.4, 0.5) is 5.69 Å². The van der Waals surface area contributed by atoms with Crippen LogP contribution in [0.1, 0.15) is 45.7 Å². The summed E-state index contributed by atoms with van der Waals surface area (Å²) in [7, 11) is 0. The van der Waals surface area contributed by atoms with Crippen LogP contribution in [0.15, 0.2) is 51.4 Å². The Hall–Kier alpha value is -2.62. The van der Waals surface area contributed by atoms with Gasteiger partial charge in [0.05, 0.1) is 16.8 Å². The molecule has 0 radical (unpaired) electrons. The minimum absolute atomic E-state index is 0.0642. The summed E-state index contributed by atoms with van der Waals surface area (Å²) in [5.74, 6) is -0.0592. The Morgan fingerprint density at radius 1 is 1.00 bits per heavy atom. The minimum Gasteiger partial charge on any atom is -0.506 e. The molecule has 26 heavy (non-hydrogen) atoms. The maximum atomic E-state index is 12.8. The first-order chi connectivity index (χ1) is 12.3. The molecule has 1 aromatic rings. The van der Waals surface area contributed by atoms with Gasteiger partial charge in [0.1, 0.15) is 5.76 Å². The minimum atomic E-state index is -0.123. The fourth-order valence-corrected chi connectivity index (χ4v) is 3.61. The predicted octanol–water partition coefficient (Wildman–Crippen LogP) is 4.76. The molecule has 0 bridgehead atoms. The molecule has 2 aliphatic rings. The van der Waals surface area contributed by atoms with E-state index in [1.807, 2.05) is 39.8 Å². The number of aliphatic imine (C=N–C) groups is 1. The lowest BCUT2D eigenvalue weighted by atomic mass is 9.80. The molecule has 1 N–H and O–H groups in total. The number of nitrogens with zero attached hydrogens (tertiary/aromatic N) is 2. The van der Waals surface area contributed by atoms with Gasteiger partial charge in [-0.15, -0.1) is 0 Å². The maximum absolute atomic E-state index is 12.8. The first kappa shape index (κ1) is 18.2. The largest absolute Gasteiger partial charge is 0.506 e. The third-order valence-corrected chi connectivity index (χ3v) is 5.51. The lowest BCUT2D eigenvalue weighted by Gasteiger charge is -2.26. The first-order valence-corrected chi connectivity index (χ1v) is 9.13.